The molecule has 0 atom stereocenters. The standard InChI is InChI=1S/C11H16N2S/c1-13-4-2-11(3-5-13)10-8-14-7-9(10)6-12-11/h7-8,12H,2-6H2,1H3. The van der Waals surface area contributed by atoms with Crippen molar-refractivity contribution in [3.63, 3.8) is 0 Å². The zero-order chi connectivity index (χ0) is 9.60. The van der Waals surface area contributed by atoms with Gasteiger partial charge in [0.05, 0.1) is 0 Å². The second-order valence-corrected chi connectivity index (χ2v) is 5.29. The molecule has 1 aromatic rings. The average molecular weight is 208 g/mol. The van der Waals surface area contributed by atoms with Gasteiger partial charge in [-0.25, -0.2) is 0 Å². The van der Waals surface area contributed by atoms with E-state index in [0.717, 1.165) is 6.54 Å². The molecule has 0 unspecified atom stereocenters. The molecule has 76 valence electrons. The smallest absolute Gasteiger partial charge is 0.0473 e. The van der Waals surface area contributed by atoms with Crippen LogP contribution in [0.15, 0.2) is 10.8 Å². The molecule has 0 saturated carbocycles. The first-order chi connectivity index (χ1) is 6.80. The molecule has 0 radical (unpaired) electrons. The first-order valence-corrected chi connectivity index (χ1v) is 6.24. The molecule has 0 bridgehead atoms. The van der Waals surface area contributed by atoms with E-state index in [1.165, 1.54) is 25.9 Å². The molecule has 1 fully saturated rings. The summed E-state index contributed by atoms with van der Waals surface area (Å²) in [5.74, 6) is 0. The van der Waals surface area contributed by atoms with Gasteiger partial charge in [0.1, 0.15) is 0 Å². The van der Waals surface area contributed by atoms with Crippen molar-refractivity contribution >= 4 is 11.3 Å². The molecule has 14 heavy (non-hydrogen) atoms. The maximum atomic E-state index is 3.72. The highest BCUT2D eigenvalue weighted by Crippen LogP contribution is 2.40. The average Bonchev–Trinajstić information content (AvgIpc) is 2.75. The van der Waals surface area contributed by atoms with Crippen molar-refractivity contribution in [3.05, 3.63) is 21.9 Å². The van der Waals surface area contributed by atoms with E-state index in [1.807, 2.05) is 11.3 Å². The van der Waals surface area contributed by atoms with Crippen molar-refractivity contribution in [2.75, 3.05) is 20.1 Å². The van der Waals surface area contributed by atoms with E-state index >= 15 is 0 Å². The Labute approximate surface area is 88.9 Å². The van der Waals surface area contributed by atoms with Crippen molar-refractivity contribution < 1.29 is 0 Å². The van der Waals surface area contributed by atoms with E-state index in [4.69, 9.17) is 0 Å². The number of likely N-dealkylation sites (tertiary alicyclic amines) is 1. The molecule has 2 aliphatic rings. The molecule has 2 nitrogen and oxygen atoms in total. The number of fused-ring (bicyclic) bond motifs is 2. The second kappa shape index (κ2) is 3.05. The van der Waals surface area contributed by atoms with Gasteiger partial charge in [-0.3, -0.25) is 0 Å². The zero-order valence-electron chi connectivity index (χ0n) is 8.55. The highest BCUT2D eigenvalue weighted by molar-refractivity contribution is 7.08. The first-order valence-electron chi connectivity index (χ1n) is 5.29. The van der Waals surface area contributed by atoms with Crippen molar-refractivity contribution in [2.24, 2.45) is 0 Å². The predicted molar refractivity (Wildman–Crippen MR) is 59.6 cm³/mol. The molecule has 3 heteroatoms. The second-order valence-electron chi connectivity index (χ2n) is 4.55. The first kappa shape index (κ1) is 8.89. The van der Waals surface area contributed by atoms with Gasteiger partial charge < -0.3 is 10.2 Å². The third kappa shape index (κ3) is 1.16. The van der Waals surface area contributed by atoms with Crippen molar-refractivity contribution in [3.8, 4) is 0 Å². The van der Waals surface area contributed by atoms with Gasteiger partial charge in [-0.1, -0.05) is 0 Å². The summed E-state index contributed by atoms with van der Waals surface area (Å²) in [7, 11) is 2.22. The monoisotopic (exact) mass is 208 g/mol. The molecule has 0 amide bonds. The van der Waals surface area contributed by atoms with Crippen molar-refractivity contribution in [1.29, 1.82) is 0 Å². The van der Waals surface area contributed by atoms with E-state index in [1.54, 1.807) is 11.1 Å². The number of rotatable bonds is 0. The zero-order valence-corrected chi connectivity index (χ0v) is 9.36. The summed E-state index contributed by atoms with van der Waals surface area (Å²) < 4.78 is 0. The van der Waals surface area contributed by atoms with Crippen LogP contribution in [0, 0.1) is 0 Å². The fraction of sp³-hybridized carbons (Fsp3) is 0.636. The topological polar surface area (TPSA) is 15.3 Å². The summed E-state index contributed by atoms with van der Waals surface area (Å²) in [6, 6.07) is 0. The summed E-state index contributed by atoms with van der Waals surface area (Å²) >= 11 is 1.86. The maximum Gasteiger partial charge on any atom is 0.0473 e. The third-order valence-electron chi connectivity index (χ3n) is 3.72. The van der Waals surface area contributed by atoms with E-state index in [9.17, 15) is 0 Å². The minimum Gasteiger partial charge on any atom is -0.306 e. The van der Waals surface area contributed by atoms with Crippen LogP contribution in [-0.2, 0) is 12.1 Å². The van der Waals surface area contributed by atoms with Crippen LogP contribution in [-0.4, -0.2) is 25.0 Å². The van der Waals surface area contributed by atoms with Gasteiger partial charge in [0.2, 0.25) is 0 Å². The SMILES string of the molecule is CN1CCC2(CC1)NCc1cscc12. The molecule has 1 saturated heterocycles. The lowest BCUT2D eigenvalue weighted by molar-refractivity contribution is 0.166. The molecule has 3 rings (SSSR count). The van der Waals surface area contributed by atoms with Crippen molar-refractivity contribution in [1.82, 2.24) is 10.2 Å². The molecule has 1 N–H and O–H groups in total. The molecular weight excluding hydrogens is 192 g/mol. The maximum absolute atomic E-state index is 3.72. The largest absolute Gasteiger partial charge is 0.306 e. The summed E-state index contributed by atoms with van der Waals surface area (Å²) in [4.78, 5) is 2.43. The van der Waals surface area contributed by atoms with E-state index in [-0.39, 0.29) is 0 Å². The van der Waals surface area contributed by atoms with Crippen LogP contribution in [0.3, 0.4) is 0 Å². The van der Waals surface area contributed by atoms with Gasteiger partial charge in [0.25, 0.3) is 0 Å². The number of hydrogen-bond donors (Lipinski definition) is 1. The highest BCUT2D eigenvalue weighted by atomic mass is 32.1. The summed E-state index contributed by atoms with van der Waals surface area (Å²) in [5.41, 5.74) is 3.47. The number of nitrogens with zero attached hydrogens (tertiary/aromatic N) is 1. The van der Waals surface area contributed by atoms with Crippen LogP contribution in [0.2, 0.25) is 0 Å². The number of thiophene rings is 1. The Kier molecular flexibility index (Phi) is 1.94. The molecule has 2 aliphatic heterocycles. The Hall–Kier alpha value is -0.380. The molecule has 3 heterocycles. The molecule has 0 aromatic carbocycles. The fourth-order valence-corrected chi connectivity index (χ4v) is 3.64. The molecule has 1 spiro atoms. The Morgan fingerprint density at radius 1 is 1.36 bits per heavy atom. The lowest BCUT2D eigenvalue weighted by atomic mass is 9.83. The molecular formula is C11H16N2S. The summed E-state index contributed by atoms with van der Waals surface area (Å²) in [6.45, 7) is 3.53. The van der Waals surface area contributed by atoms with Gasteiger partial charge in [0.15, 0.2) is 0 Å². The Bertz CT molecular complexity index is 337. The quantitative estimate of drug-likeness (QED) is 0.699. The van der Waals surface area contributed by atoms with Crippen LogP contribution < -0.4 is 5.32 Å². The summed E-state index contributed by atoms with van der Waals surface area (Å²) in [6.07, 6.45) is 2.54. The lowest BCUT2D eigenvalue weighted by Crippen LogP contribution is -2.46. The normalized spacial score (nSPS) is 25.5. The minimum atomic E-state index is 0.335. The number of nitrogens with one attached hydrogen (secondary N) is 1. The van der Waals surface area contributed by atoms with Gasteiger partial charge in [-0.15, -0.1) is 0 Å². The van der Waals surface area contributed by atoms with E-state index in [0.29, 0.717) is 5.54 Å². The van der Waals surface area contributed by atoms with E-state index < -0.39 is 0 Å². The lowest BCUT2D eigenvalue weighted by Gasteiger charge is -2.38. The Balaban J connectivity index is 1.92. The van der Waals surface area contributed by atoms with Crippen LogP contribution >= 0.6 is 11.3 Å². The minimum absolute atomic E-state index is 0.335. The van der Waals surface area contributed by atoms with Gasteiger partial charge >= 0.3 is 0 Å². The van der Waals surface area contributed by atoms with Crippen molar-refractivity contribution in [2.45, 2.75) is 24.9 Å². The van der Waals surface area contributed by atoms with Gasteiger partial charge in [-0.2, -0.15) is 11.3 Å². The van der Waals surface area contributed by atoms with Crippen LogP contribution in [0.25, 0.3) is 0 Å². The summed E-state index contributed by atoms with van der Waals surface area (Å²) in [5, 5.41) is 8.37. The van der Waals surface area contributed by atoms with Crippen LogP contribution in [0.5, 0.6) is 0 Å². The van der Waals surface area contributed by atoms with Gasteiger partial charge in [-0.05, 0) is 54.9 Å². The molecule has 1 aromatic heterocycles. The highest BCUT2D eigenvalue weighted by Gasteiger charge is 2.40. The fourth-order valence-electron chi connectivity index (χ4n) is 2.69. The van der Waals surface area contributed by atoms with E-state index in [2.05, 4.69) is 28.0 Å². The molecule has 0 aliphatic carbocycles. The predicted octanol–water partition coefficient (Wildman–Crippen LogP) is 1.77. The Morgan fingerprint density at radius 3 is 2.93 bits per heavy atom. The third-order valence-corrected chi connectivity index (χ3v) is 4.51. The number of hydrogen-bond acceptors (Lipinski definition) is 3. The Morgan fingerprint density at radius 2 is 2.14 bits per heavy atom. The number of piperidine rings is 1. The van der Waals surface area contributed by atoms with Crippen LogP contribution in [0.4, 0.5) is 0 Å². The van der Waals surface area contributed by atoms with Gasteiger partial charge in [0, 0.05) is 12.1 Å². The van der Waals surface area contributed by atoms with Crippen LogP contribution in [0.1, 0.15) is 24.0 Å².